The molecule has 0 saturated carbocycles. The molecule has 2 aromatic heterocycles. The highest BCUT2D eigenvalue weighted by atomic mass is 19.1. The molecule has 1 amide bonds. The van der Waals surface area contributed by atoms with Crippen LogP contribution in [0.5, 0.6) is 0 Å². The molecule has 1 aliphatic heterocycles. The zero-order valence-corrected chi connectivity index (χ0v) is 16.6. The summed E-state index contributed by atoms with van der Waals surface area (Å²) in [5.74, 6) is -0.198. The van der Waals surface area contributed by atoms with Crippen molar-refractivity contribution in [3.05, 3.63) is 72.4 Å². The molecule has 0 bridgehead atoms. The first-order valence-corrected chi connectivity index (χ1v) is 10.1. The zero-order chi connectivity index (χ0) is 20.7. The van der Waals surface area contributed by atoms with E-state index in [0.717, 1.165) is 35.0 Å². The van der Waals surface area contributed by atoms with Crippen molar-refractivity contribution in [1.29, 1.82) is 0 Å². The Morgan fingerprint density at radius 1 is 1.20 bits per heavy atom. The predicted molar refractivity (Wildman–Crippen MR) is 112 cm³/mol. The second-order valence-corrected chi connectivity index (χ2v) is 8.01. The smallest absolute Gasteiger partial charge is 0.254 e. The molecule has 1 fully saturated rings. The highest BCUT2D eigenvalue weighted by molar-refractivity contribution is 5.94. The average molecular weight is 403 g/mol. The highest BCUT2D eigenvalue weighted by Crippen LogP contribution is 2.28. The summed E-state index contributed by atoms with van der Waals surface area (Å²) in [5, 5.41) is 12.5. The van der Waals surface area contributed by atoms with E-state index < -0.39 is 0 Å². The quantitative estimate of drug-likeness (QED) is 0.557. The molecule has 3 heterocycles. The fraction of sp³-hybridized carbons (Fsp3) is 0.261. The van der Waals surface area contributed by atoms with Crippen LogP contribution >= 0.6 is 0 Å². The Hall–Kier alpha value is -3.48. The summed E-state index contributed by atoms with van der Waals surface area (Å²) < 4.78 is 15.5. The summed E-state index contributed by atoms with van der Waals surface area (Å²) in [4.78, 5) is 14.7. The third-order valence-electron chi connectivity index (χ3n) is 5.90. The molecule has 0 aliphatic carbocycles. The summed E-state index contributed by atoms with van der Waals surface area (Å²) in [7, 11) is 0. The van der Waals surface area contributed by atoms with E-state index in [1.54, 1.807) is 18.3 Å². The molecule has 1 aliphatic rings. The lowest BCUT2D eigenvalue weighted by molar-refractivity contribution is 0.0741. The van der Waals surface area contributed by atoms with Crippen molar-refractivity contribution in [2.75, 3.05) is 6.54 Å². The summed E-state index contributed by atoms with van der Waals surface area (Å²) in [5.41, 5.74) is 3.61. The van der Waals surface area contributed by atoms with Crippen LogP contribution < -0.4 is 0 Å². The fourth-order valence-electron chi connectivity index (χ4n) is 4.41. The van der Waals surface area contributed by atoms with Crippen LogP contribution in [-0.4, -0.2) is 43.4 Å². The molecule has 1 saturated heterocycles. The number of H-pyrrole nitrogens is 1. The van der Waals surface area contributed by atoms with Crippen molar-refractivity contribution in [2.24, 2.45) is 5.92 Å². The standard InChI is InChI=1S/C23H22FN5O/c1-15-7-16(13-28(15)23(30)18-3-2-4-21(24)9-18)14-29-22-6-5-17(8-19(22)12-27-29)20-10-25-26-11-20/h2-6,8-12,15-16H,7,13-14H2,1H3,(H,25,26)/t15-,16-/m1/s1. The lowest BCUT2D eigenvalue weighted by Crippen LogP contribution is -2.34. The predicted octanol–water partition coefficient (Wildman–Crippen LogP) is 4.12. The molecule has 2 aromatic carbocycles. The van der Waals surface area contributed by atoms with E-state index in [1.807, 2.05) is 22.0 Å². The van der Waals surface area contributed by atoms with E-state index >= 15 is 0 Å². The van der Waals surface area contributed by atoms with Gasteiger partial charge in [0.25, 0.3) is 5.91 Å². The van der Waals surface area contributed by atoms with Gasteiger partial charge in [0.1, 0.15) is 5.82 Å². The monoisotopic (exact) mass is 403 g/mol. The van der Waals surface area contributed by atoms with Crippen LogP contribution in [0, 0.1) is 11.7 Å². The third kappa shape index (κ3) is 3.36. The van der Waals surface area contributed by atoms with Gasteiger partial charge in [-0.3, -0.25) is 14.6 Å². The number of aromatic amines is 1. The van der Waals surface area contributed by atoms with Crippen molar-refractivity contribution in [2.45, 2.75) is 25.9 Å². The molecule has 4 aromatic rings. The molecule has 152 valence electrons. The number of rotatable bonds is 4. The Kier molecular flexibility index (Phi) is 4.58. The SMILES string of the molecule is C[C@@H]1C[C@@H](Cn2ncc3cc(-c4cn[nH]c4)ccc32)CN1C(=O)c1cccc(F)c1. The minimum absolute atomic E-state index is 0.111. The maximum atomic E-state index is 13.5. The first-order valence-electron chi connectivity index (χ1n) is 10.1. The first-order chi connectivity index (χ1) is 14.6. The number of nitrogens with zero attached hydrogens (tertiary/aromatic N) is 4. The number of nitrogens with one attached hydrogen (secondary N) is 1. The van der Waals surface area contributed by atoms with E-state index in [0.29, 0.717) is 18.0 Å². The molecule has 1 N–H and O–H groups in total. The number of amides is 1. The minimum Gasteiger partial charge on any atom is -0.336 e. The van der Waals surface area contributed by atoms with E-state index in [2.05, 4.69) is 40.4 Å². The molecule has 30 heavy (non-hydrogen) atoms. The van der Waals surface area contributed by atoms with Crippen molar-refractivity contribution in [3.63, 3.8) is 0 Å². The van der Waals surface area contributed by atoms with Gasteiger partial charge in [-0.25, -0.2) is 4.39 Å². The van der Waals surface area contributed by atoms with Gasteiger partial charge in [-0.1, -0.05) is 12.1 Å². The van der Waals surface area contributed by atoms with Gasteiger partial charge >= 0.3 is 0 Å². The molecule has 5 rings (SSSR count). The Balaban J connectivity index is 1.33. The van der Waals surface area contributed by atoms with Crippen molar-refractivity contribution in [3.8, 4) is 11.1 Å². The highest BCUT2D eigenvalue weighted by Gasteiger charge is 2.33. The topological polar surface area (TPSA) is 66.8 Å². The summed E-state index contributed by atoms with van der Waals surface area (Å²) in [6, 6.07) is 12.3. The molecule has 0 radical (unpaired) electrons. The van der Waals surface area contributed by atoms with Crippen LogP contribution in [0.1, 0.15) is 23.7 Å². The number of hydrogen-bond donors (Lipinski definition) is 1. The third-order valence-corrected chi connectivity index (χ3v) is 5.90. The number of likely N-dealkylation sites (tertiary alicyclic amines) is 1. The number of fused-ring (bicyclic) bond motifs is 1. The number of benzene rings is 2. The molecule has 7 heteroatoms. The van der Waals surface area contributed by atoms with Gasteiger partial charge in [-0.2, -0.15) is 10.2 Å². The fourth-order valence-corrected chi connectivity index (χ4v) is 4.41. The second-order valence-electron chi connectivity index (χ2n) is 8.01. The first kappa shape index (κ1) is 18.5. The molecule has 0 spiro atoms. The van der Waals surface area contributed by atoms with Gasteiger partial charge in [0.05, 0.1) is 17.9 Å². The molecular weight excluding hydrogens is 381 g/mol. The summed E-state index contributed by atoms with van der Waals surface area (Å²) >= 11 is 0. The summed E-state index contributed by atoms with van der Waals surface area (Å²) in [6.45, 7) is 3.44. The van der Waals surface area contributed by atoms with Crippen LogP contribution in [0.2, 0.25) is 0 Å². The van der Waals surface area contributed by atoms with Gasteiger partial charge in [0.2, 0.25) is 0 Å². The minimum atomic E-state index is -0.387. The lowest BCUT2D eigenvalue weighted by Gasteiger charge is -2.21. The van der Waals surface area contributed by atoms with Gasteiger partial charge in [0, 0.05) is 41.8 Å². The number of aromatic nitrogens is 4. The Labute approximate surface area is 173 Å². The van der Waals surface area contributed by atoms with Gasteiger partial charge < -0.3 is 4.90 Å². The molecular formula is C23H22FN5O. The maximum absolute atomic E-state index is 13.5. The number of carbonyl (C=O) groups is 1. The molecule has 0 unspecified atom stereocenters. The Bertz CT molecular complexity index is 1200. The van der Waals surface area contributed by atoms with Crippen LogP contribution in [-0.2, 0) is 6.54 Å². The van der Waals surface area contributed by atoms with Crippen LogP contribution in [0.4, 0.5) is 4.39 Å². The van der Waals surface area contributed by atoms with Gasteiger partial charge in [0.15, 0.2) is 0 Å². The van der Waals surface area contributed by atoms with Gasteiger partial charge in [-0.15, -0.1) is 0 Å². The van der Waals surface area contributed by atoms with E-state index in [-0.39, 0.29) is 17.8 Å². The van der Waals surface area contributed by atoms with Crippen molar-refractivity contribution in [1.82, 2.24) is 24.9 Å². The second kappa shape index (κ2) is 7.40. The largest absolute Gasteiger partial charge is 0.336 e. The van der Waals surface area contributed by atoms with Crippen LogP contribution in [0.25, 0.3) is 22.0 Å². The normalized spacial score (nSPS) is 18.9. The lowest BCUT2D eigenvalue weighted by atomic mass is 10.1. The van der Waals surface area contributed by atoms with Crippen LogP contribution in [0.3, 0.4) is 0 Å². The van der Waals surface area contributed by atoms with Crippen molar-refractivity contribution >= 4 is 16.8 Å². The van der Waals surface area contributed by atoms with Crippen molar-refractivity contribution < 1.29 is 9.18 Å². The number of hydrogen-bond acceptors (Lipinski definition) is 3. The average Bonchev–Trinajstić information content (AvgIpc) is 3.48. The maximum Gasteiger partial charge on any atom is 0.254 e. The number of carbonyl (C=O) groups excluding carboxylic acids is 1. The van der Waals surface area contributed by atoms with E-state index in [9.17, 15) is 9.18 Å². The van der Waals surface area contributed by atoms with E-state index in [1.165, 1.54) is 12.1 Å². The summed E-state index contributed by atoms with van der Waals surface area (Å²) in [6.07, 6.45) is 6.45. The molecule has 2 atom stereocenters. The number of halogens is 1. The van der Waals surface area contributed by atoms with Gasteiger partial charge in [-0.05, 0) is 55.2 Å². The van der Waals surface area contributed by atoms with Crippen LogP contribution in [0.15, 0.2) is 61.1 Å². The molecule has 6 nitrogen and oxygen atoms in total. The Morgan fingerprint density at radius 3 is 2.90 bits per heavy atom. The van der Waals surface area contributed by atoms with E-state index in [4.69, 9.17) is 0 Å². The zero-order valence-electron chi connectivity index (χ0n) is 16.6. The Morgan fingerprint density at radius 2 is 2.10 bits per heavy atom.